The molecule has 0 aliphatic rings. The predicted molar refractivity (Wildman–Crippen MR) is 51.9 cm³/mol. The van der Waals surface area contributed by atoms with Gasteiger partial charge in [-0.2, -0.15) is 0 Å². The van der Waals surface area contributed by atoms with Gasteiger partial charge >= 0.3 is 0 Å². The summed E-state index contributed by atoms with van der Waals surface area (Å²) in [6, 6.07) is 2.91. The SMILES string of the molecule is Cc1c(F)ccc(OC(C)C)c1Cl. The lowest BCUT2D eigenvalue weighted by Crippen LogP contribution is -2.06. The van der Waals surface area contributed by atoms with Crippen molar-refractivity contribution in [1.82, 2.24) is 0 Å². The van der Waals surface area contributed by atoms with E-state index in [9.17, 15) is 4.39 Å². The predicted octanol–water partition coefficient (Wildman–Crippen LogP) is 3.57. The van der Waals surface area contributed by atoms with Gasteiger partial charge in [-0.15, -0.1) is 0 Å². The van der Waals surface area contributed by atoms with Gasteiger partial charge in [0.2, 0.25) is 0 Å². The van der Waals surface area contributed by atoms with E-state index in [0.717, 1.165) is 0 Å². The zero-order valence-corrected chi connectivity index (χ0v) is 8.65. The molecule has 0 amide bonds. The fourth-order valence-electron chi connectivity index (χ4n) is 0.982. The molecule has 1 nitrogen and oxygen atoms in total. The zero-order chi connectivity index (χ0) is 10.0. The Hall–Kier alpha value is -0.760. The number of halogens is 2. The van der Waals surface area contributed by atoms with Crippen molar-refractivity contribution in [1.29, 1.82) is 0 Å². The highest BCUT2D eigenvalue weighted by molar-refractivity contribution is 6.32. The molecule has 72 valence electrons. The van der Waals surface area contributed by atoms with Crippen molar-refractivity contribution in [2.24, 2.45) is 0 Å². The van der Waals surface area contributed by atoms with Gasteiger partial charge in [0.25, 0.3) is 0 Å². The molecule has 0 aromatic heterocycles. The Balaban J connectivity index is 3.04. The Morgan fingerprint density at radius 2 is 2.00 bits per heavy atom. The third-order valence-corrected chi connectivity index (χ3v) is 2.12. The molecule has 0 heterocycles. The molecule has 0 saturated carbocycles. The third kappa shape index (κ3) is 2.34. The van der Waals surface area contributed by atoms with Crippen LogP contribution in [0.25, 0.3) is 0 Å². The van der Waals surface area contributed by atoms with Crippen LogP contribution in [0.2, 0.25) is 5.02 Å². The van der Waals surface area contributed by atoms with Crippen LogP contribution in [0.1, 0.15) is 19.4 Å². The molecular formula is C10H12ClFO. The zero-order valence-electron chi connectivity index (χ0n) is 7.90. The van der Waals surface area contributed by atoms with Crippen molar-refractivity contribution in [2.45, 2.75) is 26.9 Å². The van der Waals surface area contributed by atoms with E-state index in [1.165, 1.54) is 6.07 Å². The maximum atomic E-state index is 13.0. The molecule has 0 spiro atoms. The Bertz CT molecular complexity index is 310. The normalized spacial score (nSPS) is 10.6. The summed E-state index contributed by atoms with van der Waals surface area (Å²) in [5, 5.41) is 0.355. The van der Waals surface area contributed by atoms with Gasteiger partial charge in [-0.25, -0.2) is 4.39 Å². The highest BCUT2D eigenvalue weighted by atomic mass is 35.5. The second-order valence-corrected chi connectivity index (χ2v) is 3.53. The van der Waals surface area contributed by atoms with Crippen LogP contribution in [0.4, 0.5) is 4.39 Å². The Morgan fingerprint density at radius 1 is 1.38 bits per heavy atom. The molecule has 0 atom stereocenters. The summed E-state index contributed by atoms with van der Waals surface area (Å²) in [6.07, 6.45) is 0.0439. The van der Waals surface area contributed by atoms with Gasteiger partial charge in [0.15, 0.2) is 0 Å². The van der Waals surface area contributed by atoms with Crippen molar-refractivity contribution >= 4 is 11.6 Å². The molecule has 0 aliphatic heterocycles. The van der Waals surface area contributed by atoms with Gasteiger partial charge in [-0.3, -0.25) is 0 Å². The largest absolute Gasteiger partial charge is 0.489 e. The standard InChI is InChI=1S/C10H12ClFO/c1-6(2)13-9-5-4-8(12)7(3)10(9)11/h4-6H,1-3H3. The highest BCUT2D eigenvalue weighted by Crippen LogP contribution is 2.30. The van der Waals surface area contributed by atoms with E-state index in [1.54, 1.807) is 13.0 Å². The van der Waals surface area contributed by atoms with Crippen LogP contribution < -0.4 is 4.74 Å². The first-order valence-electron chi connectivity index (χ1n) is 4.13. The first kappa shape index (κ1) is 10.3. The summed E-state index contributed by atoms with van der Waals surface area (Å²) in [7, 11) is 0. The molecule has 1 aromatic rings. The Morgan fingerprint density at radius 3 is 2.54 bits per heavy atom. The average Bonchev–Trinajstić information content (AvgIpc) is 2.06. The number of benzene rings is 1. The Kier molecular flexibility index (Phi) is 3.15. The van der Waals surface area contributed by atoms with Gasteiger partial charge in [0.1, 0.15) is 11.6 Å². The van der Waals surface area contributed by atoms with Gasteiger partial charge in [-0.05, 0) is 32.9 Å². The smallest absolute Gasteiger partial charge is 0.138 e. The quantitative estimate of drug-likeness (QED) is 0.713. The summed E-state index contributed by atoms with van der Waals surface area (Å²) in [6.45, 7) is 5.43. The molecule has 1 aromatic carbocycles. The van der Waals surface area contributed by atoms with Gasteiger partial charge in [-0.1, -0.05) is 11.6 Å². The number of hydrogen-bond donors (Lipinski definition) is 0. The first-order valence-corrected chi connectivity index (χ1v) is 4.51. The maximum Gasteiger partial charge on any atom is 0.138 e. The van der Waals surface area contributed by atoms with Crippen molar-refractivity contribution < 1.29 is 9.13 Å². The Labute approximate surface area is 82.5 Å². The average molecular weight is 203 g/mol. The van der Waals surface area contributed by atoms with E-state index < -0.39 is 0 Å². The van der Waals surface area contributed by atoms with Crippen LogP contribution in [0.15, 0.2) is 12.1 Å². The monoisotopic (exact) mass is 202 g/mol. The van der Waals surface area contributed by atoms with Crippen molar-refractivity contribution in [3.05, 3.63) is 28.5 Å². The van der Waals surface area contributed by atoms with Gasteiger partial charge in [0, 0.05) is 5.56 Å². The highest BCUT2D eigenvalue weighted by Gasteiger charge is 2.09. The number of rotatable bonds is 2. The van der Waals surface area contributed by atoms with E-state index >= 15 is 0 Å². The molecule has 0 N–H and O–H groups in total. The lowest BCUT2D eigenvalue weighted by atomic mass is 10.2. The van der Waals surface area contributed by atoms with Crippen molar-refractivity contribution in [3.8, 4) is 5.75 Å². The molecule has 3 heteroatoms. The number of ether oxygens (including phenoxy) is 1. The van der Waals surface area contributed by atoms with Gasteiger partial charge < -0.3 is 4.74 Å². The second-order valence-electron chi connectivity index (χ2n) is 3.15. The summed E-state index contributed by atoms with van der Waals surface area (Å²) >= 11 is 5.88. The van der Waals surface area contributed by atoms with Crippen molar-refractivity contribution in [3.63, 3.8) is 0 Å². The van der Waals surface area contributed by atoms with E-state index in [2.05, 4.69) is 0 Å². The van der Waals surface area contributed by atoms with E-state index in [1.807, 2.05) is 13.8 Å². The molecule has 0 radical (unpaired) electrons. The lowest BCUT2D eigenvalue weighted by molar-refractivity contribution is 0.242. The molecule has 1 rings (SSSR count). The molecule has 0 unspecified atom stereocenters. The fourth-order valence-corrected chi connectivity index (χ4v) is 1.18. The first-order chi connectivity index (χ1) is 6.02. The molecule has 0 bridgehead atoms. The second kappa shape index (κ2) is 3.97. The van der Waals surface area contributed by atoms with Crippen LogP contribution in [-0.2, 0) is 0 Å². The third-order valence-electron chi connectivity index (χ3n) is 1.65. The van der Waals surface area contributed by atoms with Crippen LogP contribution in [0.3, 0.4) is 0 Å². The molecule has 0 aliphatic carbocycles. The van der Waals surface area contributed by atoms with E-state index in [-0.39, 0.29) is 11.9 Å². The minimum Gasteiger partial charge on any atom is -0.489 e. The van der Waals surface area contributed by atoms with Crippen LogP contribution >= 0.6 is 11.6 Å². The minimum atomic E-state index is -0.305. The molecular weight excluding hydrogens is 191 g/mol. The van der Waals surface area contributed by atoms with E-state index in [0.29, 0.717) is 16.3 Å². The molecule has 0 fully saturated rings. The number of hydrogen-bond acceptors (Lipinski definition) is 1. The summed E-state index contributed by atoms with van der Waals surface area (Å²) < 4.78 is 18.3. The molecule has 13 heavy (non-hydrogen) atoms. The lowest BCUT2D eigenvalue weighted by Gasteiger charge is -2.12. The van der Waals surface area contributed by atoms with E-state index in [4.69, 9.17) is 16.3 Å². The molecule has 0 saturated heterocycles. The minimum absolute atomic E-state index is 0.0439. The van der Waals surface area contributed by atoms with Crippen molar-refractivity contribution in [2.75, 3.05) is 0 Å². The fraction of sp³-hybridized carbons (Fsp3) is 0.400. The van der Waals surface area contributed by atoms with Crippen LogP contribution in [0, 0.1) is 12.7 Å². The summed E-state index contributed by atoms with van der Waals surface area (Å²) in [5.74, 6) is 0.233. The topological polar surface area (TPSA) is 9.23 Å². The maximum absolute atomic E-state index is 13.0. The van der Waals surface area contributed by atoms with Crippen LogP contribution in [-0.4, -0.2) is 6.10 Å². The van der Waals surface area contributed by atoms with Crippen LogP contribution in [0.5, 0.6) is 5.75 Å². The summed E-state index contributed by atoms with van der Waals surface area (Å²) in [5.41, 5.74) is 0.430. The van der Waals surface area contributed by atoms with Gasteiger partial charge in [0.05, 0.1) is 11.1 Å². The summed E-state index contributed by atoms with van der Waals surface area (Å²) in [4.78, 5) is 0.